The Morgan fingerprint density at radius 3 is 1.97 bits per heavy atom. The molecule has 5 rings (SSSR count). The smallest absolute Gasteiger partial charge is 0.119 e. The lowest BCUT2D eigenvalue weighted by molar-refractivity contribution is -0.0946. The molecule has 0 bridgehead atoms. The van der Waals surface area contributed by atoms with E-state index in [1.165, 1.54) is 16.7 Å². The first-order valence-corrected chi connectivity index (χ1v) is 13.1. The minimum atomic E-state index is -0.734. The molecule has 1 saturated heterocycles. The van der Waals surface area contributed by atoms with E-state index in [4.69, 9.17) is 14.2 Å². The van der Waals surface area contributed by atoms with Crippen LogP contribution in [0, 0.1) is 0 Å². The lowest BCUT2D eigenvalue weighted by atomic mass is 9.75. The molecule has 5 heteroatoms. The number of ether oxygens (including phenoxy) is 3. The molecular formula is C33H35NO4. The van der Waals surface area contributed by atoms with E-state index in [-0.39, 0.29) is 12.7 Å². The molecule has 0 aromatic heterocycles. The SMILES string of the molecule is COc1cccc(C(O)COCC2CN(C(c3ccccc3)(c3ccccc3)c3ccccc3)CCO2)c1. The number of morpholine rings is 1. The zero-order valence-electron chi connectivity index (χ0n) is 21.8. The van der Waals surface area contributed by atoms with Crippen LogP contribution < -0.4 is 4.74 Å². The Labute approximate surface area is 225 Å². The Balaban J connectivity index is 1.39. The first kappa shape index (κ1) is 26.1. The van der Waals surface area contributed by atoms with Crippen LogP contribution in [-0.2, 0) is 15.0 Å². The summed E-state index contributed by atoms with van der Waals surface area (Å²) in [5.74, 6) is 0.715. The second kappa shape index (κ2) is 12.4. The number of nitrogens with zero attached hydrogens (tertiary/aromatic N) is 1. The molecule has 0 radical (unpaired) electrons. The van der Waals surface area contributed by atoms with Gasteiger partial charge in [0.05, 0.1) is 38.6 Å². The van der Waals surface area contributed by atoms with Gasteiger partial charge in [0.1, 0.15) is 11.9 Å². The molecule has 2 unspecified atom stereocenters. The maximum absolute atomic E-state index is 10.7. The fourth-order valence-corrected chi connectivity index (χ4v) is 5.47. The molecule has 2 atom stereocenters. The summed E-state index contributed by atoms with van der Waals surface area (Å²) in [6.07, 6.45) is -0.862. The quantitative estimate of drug-likeness (QED) is 0.289. The first-order valence-electron chi connectivity index (χ1n) is 13.1. The minimum absolute atomic E-state index is 0.128. The minimum Gasteiger partial charge on any atom is -0.497 e. The first-order chi connectivity index (χ1) is 18.7. The highest BCUT2D eigenvalue weighted by Crippen LogP contribution is 2.43. The van der Waals surface area contributed by atoms with E-state index in [1.807, 2.05) is 24.3 Å². The van der Waals surface area contributed by atoms with Crippen LogP contribution in [0.5, 0.6) is 5.75 Å². The van der Waals surface area contributed by atoms with Gasteiger partial charge >= 0.3 is 0 Å². The van der Waals surface area contributed by atoms with Crippen molar-refractivity contribution in [3.05, 3.63) is 138 Å². The normalized spacial score (nSPS) is 17.2. The molecule has 196 valence electrons. The summed E-state index contributed by atoms with van der Waals surface area (Å²) in [4.78, 5) is 2.52. The number of hydrogen-bond acceptors (Lipinski definition) is 5. The molecule has 0 saturated carbocycles. The predicted octanol–water partition coefficient (Wildman–Crippen LogP) is 5.44. The maximum atomic E-state index is 10.7. The largest absolute Gasteiger partial charge is 0.497 e. The van der Waals surface area contributed by atoms with Gasteiger partial charge in [-0.25, -0.2) is 0 Å². The molecular weight excluding hydrogens is 474 g/mol. The van der Waals surface area contributed by atoms with Crippen LogP contribution in [0.15, 0.2) is 115 Å². The highest BCUT2D eigenvalue weighted by molar-refractivity contribution is 5.49. The fraction of sp³-hybridized carbons (Fsp3) is 0.273. The van der Waals surface area contributed by atoms with Gasteiger partial charge in [-0.3, -0.25) is 4.90 Å². The predicted molar refractivity (Wildman–Crippen MR) is 149 cm³/mol. The number of aliphatic hydroxyl groups is 1. The summed E-state index contributed by atoms with van der Waals surface area (Å²) in [6, 6.07) is 39.6. The third-order valence-electron chi connectivity index (χ3n) is 7.25. The summed E-state index contributed by atoms with van der Waals surface area (Å²) in [5.41, 5.74) is 3.94. The van der Waals surface area contributed by atoms with Crippen LogP contribution in [0.2, 0.25) is 0 Å². The van der Waals surface area contributed by atoms with E-state index in [2.05, 4.69) is 95.9 Å². The lowest BCUT2D eigenvalue weighted by Crippen LogP contribution is -2.56. The summed E-state index contributed by atoms with van der Waals surface area (Å²) in [7, 11) is 1.62. The standard InChI is InChI=1S/C33H35NO4/c1-36-30-19-11-12-26(22-30)32(35)25-37-24-31-23-34(20-21-38-31)33(27-13-5-2-6-14-27,28-15-7-3-8-16-28)29-17-9-4-10-18-29/h2-19,22,31-32,35H,20-21,23-25H2,1H3. The summed E-state index contributed by atoms with van der Waals surface area (Å²) in [5, 5.41) is 10.7. The molecule has 0 amide bonds. The number of aliphatic hydroxyl groups excluding tert-OH is 1. The molecule has 1 fully saturated rings. The zero-order valence-corrected chi connectivity index (χ0v) is 21.8. The number of rotatable bonds is 10. The highest BCUT2D eigenvalue weighted by atomic mass is 16.5. The third-order valence-corrected chi connectivity index (χ3v) is 7.25. The number of benzene rings is 4. The van der Waals surface area contributed by atoms with Crippen molar-refractivity contribution in [2.45, 2.75) is 17.7 Å². The molecule has 38 heavy (non-hydrogen) atoms. The van der Waals surface area contributed by atoms with Crippen LogP contribution in [0.3, 0.4) is 0 Å². The summed E-state index contributed by atoms with van der Waals surface area (Å²) in [6.45, 7) is 2.65. The Bertz CT molecular complexity index is 1170. The van der Waals surface area contributed by atoms with Gasteiger partial charge in [-0.15, -0.1) is 0 Å². The second-order valence-electron chi connectivity index (χ2n) is 9.58. The Hall–Kier alpha value is -3.48. The van der Waals surface area contributed by atoms with Gasteiger partial charge in [0.15, 0.2) is 0 Å². The monoisotopic (exact) mass is 509 g/mol. The highest BCUT2D eigenvalue weighted by Gasteiger charge is 2.44. The van der Waals surface area contributed by atoms with E-state index < -0.39 is 11.6 Å². The molecule has 1 aliphatic rings. The Kier molecular flexibility index (Phi) is 8.51. The van der Waals surface area contributed by atoms with Gasteiger partial charge in [-0.1, -0.05) is 103 Å². The van der Waals surface area contributed by atoms with E-state index in [0.717, 1.165) is 12.1 Å². The molecule has 4 aromatic carbocycles. The van der Waals surface area contributed by atoms with Crippen molar-refractivity contribution in [1.82, 2.24) is 4.90 Å². The average molecular weight is 510 g/mol. The van der Waals surface area contributed by atoms with Crippen molar-refractivity contribution in [2.75, 3.05) is 40.0 Å². The van der Waals surface area contributed by atoms with E-state index in [1.54, 1.807) is 7.11 Å². The van der Waals surface area contributed by atoms with Crippen molar-refractivity contribution in [3.8, 4) is 5.75 Å². The van der Waals surface area contributed by atoms with Crippen LogP contribution in [0.25, 0.3) is 0 Å². The molecule has 4 aromatic rings. The lowest BCUT2D eigenvalue weighted by Gasteiger charge is -2.48. The van der Waals surface area contributed by atoms with Crippen molar-refractivity contribution >= 4 is 0 Å². The van der Waals surface area contributed by atoms with E-state index >= 15 is 0 Å². The Morgan fingerprint density at radius 1 is 0.842 bits per heavy atom. The third kappa shape index (κ3) is 5.52. The van der Waals surface area contributed by atoms with Gasteiger partial charge < -0.3 is 19.3 Å². The van der Waals surface area contributed by atoms with Gasteiger partial charge in [-0.2, -0.15) is 0 Å². The topological polar surface area (TPSA) is 51.2 Å². The van der Waals surface area contributed by atoms with Crippen molar-refractivity contribution in [2.24, 2.45) is 0 Å². The molecule has 1 heterocycles. The van der Waals surface area contributed by atoms with Crippen molar-refractivity contribution in [3.63, 3.8) is 0 Å². The van der Waals surface area contributed by atoms with Crippen LogP contribution in [0.4, 0.5) is 0 Å². The summed E-state index contributed by atoms with van der Waals surface area (Å²) < 4.78 is 17.4. The number of hydrogen-bond donors (Lipinski definition) is 1. The molecule has 1 aliphatic heterocycles. The van der Waals surface area contributed by atoms with Gasteiger partial charge in [0.2, 0.25) is 0 Å². The fourth-order valence-electron chi connectivity index (χ4n) is 5.47. The molecule has 0 spiro atoms. The summed E-state index contributed by atoms with van der Waals surface area (Å²) >= 11 is 0. The van der Waals surface area contributed by atoms with E-state index in [9.17, 15) is 5.11 Å². The van der Waals surface area contributed by atoms with E-state index in [0.29, 0.717) is 25.5 Å². The van der Waals surface area contributed by atoms with Crippen LogP contribution >= 0.6 is 0 Å². The average Bonchev–Trinajstić information content (AvgIpc) is 2.99. The Morgan fingerprint density at radius 2 is 1.42 bits per heavy atom. The molecule has 0 aliphatic carbocycles. The second-order valence-corrected chi connectivity index (χ2v) is 9.58. The van der Waals surface area contributed by atoms with Crippen LogP contribution in [0.1, 0.15) is 28.4 Å². The van der Waals surface area contributed by atoms with Crippen LogP contribution in [-0.4, -0.2) is 56.1 Å². The van der Waals surface area contributed by atoms with Gasteiger partial charge in [0, 0.05) is 13.1 Å². The van der Waals surface area contributed by atoms with Gasteiger partial charge in [0.25, 0.3) is 0 Å². The number of methoxy groups -OCH3 is 1. The van der Waals surface area contributed by atoms with Crippen molar-refractivity contribution < 1.29 is 19.3 Å². The van der Waals surface area contributed by atoms with Gasteiger partial charge in [-0.05, 0) is 34.4 Å². The van der Waals surface area contributed by atoms with Crippen molar-refractivity contribution in [1.29, 1.82) is 0 Å². The maximum Gasteiger partial charge on any atom is 0.119 e. The zero-order chi connectivity index (χ0) is 26.2. The molecule has 1 N–H and O–H groups in total. The molecule has 5 nitrogen and oxygen atoms in total.